The van der Waals surface area contributed by atoms with Crippen molar-refractivity contribution in [2.24, 2.45) is 11.7 Å². The van der Waals surface area contributed by atoms with Crippen LogP contribution < -0.4 is 11.1 Å². The zero-order chi connectivity index (χ0) is 20.1. The van der Waals surface area contributed by atoms with Crippen molar-refractivity contribution >= 4 is 23.6 Å². The third-order valence-corrected chi connectivity index (χ3v) is 6.06. The Labute approximate surface area is 169 Å². The van der Waals surface area contributed by atoms with Crippen LogP contribution in [0.1, 0.15) is 38.2 Å². The molecule has 2 amide bonds. The van der Waals surface area contributed by atoms with Gasteiger partial charge < -0.3 is 11.1 Å². The molecule has 2 aromatic rings. The van der Waals surface area contributed by atoms with E-state index in [0.29, 0.717) is 16.9 Å². The number of hydrogen-bond acceptors (Lipinski definition) is 5. The first kappa shape index (κ1) is 20.4. The van der Waals surface area contributed by atoms with Crippen LogP contribution in [0.2, 0.25) is 0 Å². The molecule has 0 aliphatic heterocycles. The first-order valence-corrected chi connectivity index (χ1v) is 10.6. The van der Waals surface area contributed by atoms with Crippen molar-refractivity contribution in [1.29, 1.82) is 0 Å². The van der Waals surface area contributed by atoms with E-state index in [-0.39, 0.29) is 24.2 Å². The summed E-state index contributed by atoms with van der Waals surface area (Å²) in [6.07, 6.45) is 4.59. The van der Waals surface area contributed by atoms with Gasteiger partial charge in [-0.15, -0.1) is 10.2 Å². The van der Waals surface area contributed by atoms with Gasteiger partial charge in [0.15, 0.2) is 11.0 Å². The smallest absolute Gasteiger partial charge is 0.237 e. The molecule has 7 nitrogen and oxygen atoms in total. The molecule has 2 atom stereocenters. The number of nitrogens with two attached hydrogens (primary N) is 1. The summed E-state index contributed by atoms with van der Waals surface area (Å²) in [7, 11) is 0. The number of nitrogens with one attached hydrogen (secondary N) is 1. The van der Waals surface area contributed by atoms with E-state index < -0.39 is 5.91 Å². The van der Waals surface area contributed by atoms with Gasteiger partial charge >= 0.3 is 0 Å². The van der Waals surface area contributed by atoms with Crippen molar-refractivity contribution in [3.8, 4) is 11.4 Å². The van der Waals surface area contributed by atoms with Gasteiger partial charge in [0.1, 0.15) is 6.54 Å². The first-order chi connectivity index (χ1) is 13.4. The fourth-order valence-electron chi connectivity index (χ4n) is 3.60. The highest BCUT2D eigenvalue weighted by molar-refractivity contribution is 7.99. The summed E-state index contributed by atoms with van der Waals surface area (Å²) in [5.74, 6) is 0.819. The van der Waals surface area contributed by atoms with E-state index in [2.05, 4.69) is 22.4 Å². The number of carbonyl (C=O) groups excluding carboxylic acids is 2. The van der Waals surface area contributed by atoms with E-state index in [1.54, 1.807) is 4.57 Å². The number of nitrogens with zero attached hydrogens (tertiary/aromatic N) is 3. The lowest BCUT2D eigenvalue weighted by atomic mass is 9.86. The normalized spacial score (nSPS) is 19.4. The van der Waals surface area contributed by atoms with Gasteiger partial charge in [0.05, 0.1) is 5.75 Å². The van der Waals surface area contributed by atoms with E-state index in [9.17, 15) is 9.59 Å². The predicted molar refractivity (Wildman–Crippen MR) is 110 cm³/mol. The molecule has 0 radical (unpaired) electrons. The minimum absolute atomic E-state index is 0.0190. The average Bonchev–Trinajstić information content (AvgIpc) is 3.04. The van der Waals surface area contributed by atoms with Gasteiger partial charge in [0, 0.05) is 11.6 Å². The zero-order valence-electron chi connectivity index (χ0n) is 16.4. The van der Waals surface area contributed by atoms with Crippen LogP contribution in [0, 0.1) is 12.8 Å². The Morgan fingerprint density at radius 2 is 2.07 bits per heavy atom. The summed E-state index contributed by atoms with van der Waals surface area (Å²) in [5.41, 5.74) is 7.37. The molecule has 1 aliphatic rings. The maximum absolute atomic E-state index is 12.4. The van der Waals surface area contributed by atoms with Crippen molar-refractivity contribution in [1.82, 2.24) is 20.1 Å². The Morgan fingerprint density at radius 3 is 2.79 bits per heavy atom. The van der Waals surface area contributed by atoms with Crippen LogP contribution >= 0.6 is 11.8 Å². The van der Waals surface area contributed by atoms with E-state index in [1.807, 2.05) is 31.2 Å². The third-order valence-electron chi connectivity index (χ3n) is 5.10. The van der Waals surface area contributed by atoms with E-state index in [0.717, 1.165) is 30.4 Å². The lowest BCUT2D eigenvalue weighted by Gasteiger charge is -2.29. The Hall–Kier alpha value is -2.35. The van der Waals surface area contributed by atoms with Crippen LogP contribution in [0.5, 0.6) is 0 Å². The molecule has 0 saturated heterocycles. The van der Waals surface area contributed by atoms with Gasteiger partial charge in [-0.05, 0) is 31.7 Å². The molecule has 1 aliphatic carbocycles. The fraction of sp³-hybridized carbons (Fsp3) is 0.500. The molecule has 1 fully saturated rings. The van der Waals surface area contributed by atoms with Gasteiger partial charge in [-0.2, -0.15) is 0 Å². The standard InChI is InChI=1S/C20H27N5O2S/c1-13-6-5-8-15(10-13)19-23-24-20(25(19)11-17(21)26)28-12-18(27)22-16-9-4-3-7-14(16)2/h5-6,8,10,14,16H,3-4,7,9,11-12H2,1-2H3,(H2,21,26)(H,22,27)/t14-,16+/m0/s1. The van der Waals surface area contributed by atoms with Crippen LogP contribution in [0.3, 0.4) is 0 Å². The maximum atomic E-state index is 12.4. The molecule has 0 bridgehead atoms. The van der Waals surface area contributed by atoms with Crippen LogP contribution in [0.4, 0.5) is 0 Å². The summed E-state index contributed by atoms with van der Waals surface area (Å²) in [6, 6.07) is 8.06. The highest BCUT2D eigenvalue weighted by atomic mass is 32.2. The number of primary amides is 1. The minimum atomic E-state index is -0.476. The number of aryl methyl sites for hydroxylation is 1. The van der Waals surface area contributed by atoms with Crippen molar-refractivity contribution in [2.75, 3.05) is 5.75 Å². The maximum Gasteiger partial charge on any atom is 0.237 e. The molecule has 3 N–H and O–H groups in total. The molecular weight excluding hydrogens is 374 g/mol. The Bertz CT molecular complexity index is 851. The lowest BCUT2D eigenvalue weighted by Crippen LogP contribution is -2.41. The molecule has 0 unspecified atom stereocenters. The van der Waals surface area contributed by atoms with Gasteiger partial charge in [-0.3, -0.25) is 14.2 Å². The van der Waals surface area contributed by atoms with Crippen molar-refractivity contribution in [3.63, 3.8) is 0 Å². The van der Waals surface area contributed by atoms with Crippen molar-refractivity contribution < 1.29 is 9.59 Å². The monoisotopic (exact) mass is 401 g/mol. The van der Waals surface area contributed by atoms with Crippen LogP contribution in [-0.2, 0) is 16.1 Å². The SMILES string of the molecule is Cc1cccc(-c2nnc(SCC(=O)N[C@@H]3CCCC[C@@H]3C)n2CC(N)=O)c1. The molecule has 28 heavy (non-hydrogen) atoms. The van der Waals surface area contributed by atoms with Gasteiger partial charge in [0.2, 0.25) is 11.8 Å². The second-order valence-corrected chi connectivity index (χ2v) is 8.40. The number of rotatable bonds is 7. The summed E-state index contributed by atoms with van der Waals surface area (Å²) in [5, 5.41) is 12.1. The molecule has 8 heteroatoms. The second-order valence-electron chi connectivity index (χ2n) is 7.45. The first-order valence-electron chi connectivity index (χ1n) is 9.64. The molecule has 1 aromatic heterocycles. The van der Waals surface area contributed by atoms with E-state index >= 15 is 0 Å². The molecule has 150 valence electrons. The van der Waals surface area contributed by atoms with Crippen molar-refractivity contribution in [2.45, 2.75) is 57.3 Å². The highest BCUT2D eigenvalue weighted by Crippen LogP contribution is 2.26. The Balaban J connectivity index is 1.71. The zero-order valence-corrected chi connectivity index (χ0v) is 17.2. The van der Waals surface area contributed by atoms with Crippen LogP contribution in [0.15, 0.2) is 29.4 Å². The molecule has 0 spiro atoms. The number of aromatic nitrogens is 3. The van der Waals surface area contributed by atoms with Crippen LogP contribution in [0.25, 0.3) is 11.4 Å². The predicted octanol–water partition coefficient (Wildman–Crippen LogP) is 2.53. The number of amides is 2. The van der Waals surface area contributed by atoms with Gasteiger partial charge in [-0.1, -0.05) is 55.3 Å². The number of benzene rings is 1. The second kappa shape index (κ2) is 9.23. The summed E-state index contributed by atoms with van der Waals surface area (Å²) in [4.78, 5) is 24.0. The average molecular weight is 402 g/mol. The van der Waals surface area contributed by atoms with E-state index in [1.165, 1.54) is 18.2 Å². The van der Waals surface area contributed by atoms with Gasteiger partial charge in [-0.25, -0.2) is 0 Å². The third kappa shape index (κ3) is 5.13. The van der Waals surface area contributed by atoms with Crippen molar-refractivity contribution in [3.05, 3.63) is 29.8 Å². The Kier molecular flexibility index (Phi) is 6.72. The van der Waals surface area contributed by atoms with Gasteiger partial charge in [0.25, 0.3) is 0 Å². The lowest BCUT2D eigenvalue weighted by molar-refractivity contribution is -0.120. The topological polar surface area (TPSA) is 103 Å². The highest BCUT2D eigenvalue weighted by Gasteiger charge is 2.23. The minimum Gasteiger partial charge on any atom is -0.368 e. The summed E-state index contributed by atoms with van der Waals surface area (Å²) in [6.45, 7) is 4.15. The summed E-state index contributed by atoms with van der Waals surface area (Å²) < 4.78 is 1.68. The molecule has 1 saturated carbocycles. The van der Waals surface area contributed by atoms with Crippen LogP contribution in [-0.4, -0.2) is 38.4 Å². The molecule has 1 aromatic carbocycles. The quantitative estimate of drug-likeness (QED) is 0.694. The van der Waals surface area contributed by atoms with E-state index in [4.69, 9.17) is 5.73 Å². The fourth-order valence-corrected chi connectivity index (χ4v) is 4.35. The number of hydrogen-bond donors (Lipinski definition) is 2. The molecule has 3 rings (SSSR count). The molecular formula is C20H27N5O2S. The largest absolute Gasteiger partial charge is 0.368 e. The number of carbonyl (C=O) groups is 2. The number of thioether (sulfide) groups is 1. The molecule has 1 heterocycles. The summed E-state index contributed by atoms with van der Waals surface area (Å²) >= 11 is 1.28. The Morgan fingerprint density at radius 1 is 1.29 bits per heavy atom.